The van der Waals surface area contributed by atoms with Crippen molar-refractivity contribution in [3.05, 3.63) is 29.6 Å². The van der Waals surface area contributed by atoms with E-state index in [-0.39, 0.29) is 17.7 Å². The number of aliphatic hydroxyl groups is 3. The van der Waals surface area contributed by atoms with Crippen molar-refractivity contribution >= 4 is 5.91 Å². The Kier molecular flexibility index (Phi) is 3.31. The normalized spacial score (nSPS) is 31.5. The molecule has 1 fully saturated rings. The van der Waals surface area contributed by atoms with E-state index in [9.17, 15) is 15.0 Å². The molecule has 7 heteroatoms. The van der Waals surface area contributed by atoms with Crippen LogP contribution in [-0.2, 0) is 10.5 Å². The number of carbonyl (C=O) groups is 1. The van der Waals surface area contributed by atoms with Gasteiger partial charge in [-0.1, -0.05) is 0 Å². The van der Waals surface area contributed by atoms with Gasteiger partial charge in [0.15, 0.2) is 0 Å². The Bertz CT molecular complexity index is 467. The number of aliphatic hydroxyl groups excluding tert-OH is 2. The first-order chi connectivity index (χ1) is 8.48. The van der Waals surface area contributed by atoms with E-state index >= 15 is 0 Å². The topological polar surface area (TPSA) is 126 Å². The van der Waals surface area contributed by atoms with Gasteiger partial charge in [-0.2, -0.15) is 0 Å². The van der Waals surface area contributed by atoms with Crippen LogP contribution in [-0.4, -0.2) is 45.0 Å². The van der Waals surface area contributed by atoms with Gasteiger partial charge in [0, 0.05) is 12.6 Å². The van der Waals surface area contributed by atoms with E-state index in [2.05, 4.69) is 4.98 Å². The van der Waals surface area contributed by atoms with Gasteiger partial charge in [-0.15, -0.1) is 0 Å². The van der Waals surface area contributed by atoms with E-state index in [0.29, 0.717) is 0 Å². The van der Waals surface area contributed by atoms with Crippen molar-refractivity contribution in [2.24, 2.45) is 5.73 Å². The molecule has 7 nitrogen and oxygen atoms in total. The molecule has 2 heterocycles. The molecule has 0 spiro atoms. The van der Waals surface area contributed by atoms with Crippen molar-refractivity contribution in [2.45, 2.75) is 24.4 Å². The average molecular weight is 254 g/mol. The van der Waals surface area contributed by atoms with E-state index in [1.54, 1.807) is 0 Å². The number of nitrogens with two attached hydrogens (primary N) is 1. The van der Waals surface area contributed by atoms with Crippen LogP contribution in [0.25, 0.3) is 0 Å². The molecule has 18 heavy (non-hydrogen) atoms. The number of primary amides is 1. The lowest BCUT2D eigenvalue weighted by molar-refractivity contribution is -0.209. The second-order valence-electron chi connectivity index (χ2n) is 4.16. The van der Waals surface area contributed by atoms with Gasteiger partial charge in [0.25, 0.3) is 5.91 Å². The quantitative estimate of drug-likeness (QED) is 0.518. The minimum Gasteiger partial charge on any atom is -0.394 e. The first-order valence-electron chi connectivity index (χ1n) is 5.42. The van der Waals surface area contributed by atoms with Crippen molar-refractivity contribution in [3.8, 4) is 0 Å². The molecule has 0 aromatic carbocycles. The summed E-state index contributed by atoms with van der Waals surface area (Å²) >= 11 is 0. The van der Waals surface area contributed by atoms with Gasteiger partial charge >= 0.3 is 0 Å². The lowest BCUT2D eigenvalue weighted by atomic mass is 10.0. The molecule has 0 aliphatic carbocycles. The first-order valence-corrected chi connectivity index (χ1v) is 5.42. The zero-order valence-corrected chi connectivity index (χ0v) is 9.48. The molecular weight excluding hydrogens is 240 g/mol. The summed E-state index contributed by atoms with van der Waals surface area (Å²) in [6, 6.07) is 2.91. The molecule has 1 aromatic heterocycles. The Morgan fingerprint density at radius 1 is 1.67 bits per heavy atom. The third kappa shape index (κ3) is 2.08. The number of hydrogen-bond donors (Lipinski definition) is 4. The Balaban J connectivity index is 2.40. The largest absolute Gasteiger partial charge is 0.394 e. The van der Waals surface area contributed by atoms with Crippen LogP contribution < -0.4 is 5.73 Å². The summed E-state index contributed by atoms with van der Waals surface area (Å²) < 4.78 is 5.17. The Morgan fingerprint density at radius 3 is 2.94 bits per heavy atom. The van der Waals surface area contributed by atoms with E-state index in [1.165, 1.54) is 18.3 Å². The third-order valence-electron chi connectivity index (χ3n) is 2.88. The molecular formula is C11H14N2O5. The lowest BCUT2D eigenvalue weighted by Crippen LogP contribution is -2.31. The van der Waals surface area contributed by atoms with Crippen molar-refractivity contribution < 1.29 is 24.9 Å². The summed E-state index contributed by atoms with van der Waals surface area (Å²) in [5.41, 5.74) is 5.16. The van der Waals surface area contributed by atoms with Crippen LogP contribution in [0.3, 0.4) is 0 Å². The molecule has 3 atom stereocenters. The Morgan fingerprint density at radius 2 is 2.39 bits per heavy atom. The van der Waals surface area contributed by atoms with Gasteiger partial charge in [-0.3, -0.25) is 9.78 Å². The van der Waals surface area contributed by atoms with E-state index in [0.717, 1.165) is 0 Å². The molecule has 1 aliphatic heterocycles. The molecule has 1 amide bonds. The van der Waals surface area contributed by atoms with Crippen LogP contribution in [0.15, 0.2) is 18.3 Å². The third-order valence-corrected chi connectivity index (χ3v) is 2.88. The number of nitrogens with zero attached hydrogens (tertiary/aromatic N) is 1. The highest BCUT2D eigenvalue weighted by atomic mass is 16.7. The predicted molar refractivity (Wildman–Crippen MR) is 59.2 cm³/mol. The molecule has 1 aromatic rings. The molecule has 0 saturated carbocycles. The predicted octanol–water partition coefficient (Wildman–Crippen LogP) is -1.53. The van der Waals surface area contributed by atoms with Crippen LogP contribution in [0.1, 0.15) is 22.5 Å². The van der Waals surface area contributed by atoms with Crippen LogP contribution in [0.2, 0.25) is 0 Å². The fraction of sp³-hybridized carbons (Fsp3) is 0.455. The zero-order chi connectivity index (χ0) is 13.3. The zero-order valence-electron chi connectivity index (χ0n) is 9.48. The highest BCUT2D eigenvalue weighted by molar-refractivity contribution is 5.94. The van der Waals surface area contributed by atoms with E-state index in [4.69, 9.17) is 15.6 Å². The highest BCUT2D eigenvalue weighted by Gasteiger charge is 2.48. The maximum Gasteiger partial charge on any atom is 0.250 e. The van der Waals surface area contributed by atoms with Crippen LogP contribution in [0, 0.1) is 0 Å². The summed E-state index contributed by atoms with van der Waals surface area (Å²) in [7, 11) is 0. The van der Waals surface area contributed by atoms with Gasteiger partial charge < -0.3 is 25.8 Å². The minimum atomic E-state index is -1.92. The molecule has 98 valence electrons. The second kappa shape index (κ2) is 4.62. The molecule has 2 rings (SSSR count). The van der Waals surface area contributed by atoms with Crippen molar-refractivity contribution in [2.75, 3.05) is 6.61 Å². The van der Waals surface area contributed by atoms with Gasteiger partial charge in [-0.05, 0) is 12.1 Å². The van der Waals surface area contributed by atoms with Gasteiger partial charge in [0.2, 0.25) is 5.79 Å². The molecule has 0 unspecified atom stereocenters. The van der Waals surface area contributed by atoms with E-state index < -0.39 is 30.5 Å². The fourth-order valence-corrected chi connectivity index (χ4v) is 2.02. The fourth-order valence-electron chi connectivity index (χ4n) is 2.02. The highest BCUT2D eigenvalue weighted by Crippen LogP contribution is 2.37. The van der Waals surface area contributed by atoms with Crippen LogP contribution in [0.4, 0.5) is 0 Å². The molecule has 0 radical (unpaired) electrons. The number of hydrogen-bond acceptors (Lipinski definition) is 6. The van der Waals surface area contributed by atoms with Crippen LogP contribution in [0.5, 0.6) is 0 Å². The first kappa shape index (κ1) is 12.9. The summed E-state index contributed by atoms with van der Waals surface area (Å²) in [5, 5.41) is 28.9. The summed E-state index contributed by atoms with van der Waals surface area (Å²) in [6.07, 6.45) is -0.766. The van der Waals surface area contributed by atoms with Gasteiger partial charge in [-0.25, -0.2) is 0 Å². The van der Waals surface area contributed by atoms with Gasteiger partial charge in [0.1, 0.15) is 11.8 Å². The Labute approximate surface area is 103 Å². The number of pyridine rings is 1. The van der Waals surface area contributed by atoms with Crippen molar-refractivity contribution in [1.29, 1.82) is 0 Å². The molecule has 1 aliphatic rings. The van der Waals surface area contributed by atoms with Gasteiger partial charge in [0.05, 0.1) is 18.3 Å². The number of carbonyl (C=O) groups excluding carboxylic acids is 1. The van der Waals surface area contributed by atoms with Crippen LogP contribution >= 0.6 is 0 Å². The number of aromatic nitrogens is 1. The van der Waals surface area contributed by atoms with Crippen molar-refractivity contribution in [1.82, 2.24) is 4.98 Å². The number of amides is 1. The average Bonchev–Trinajstić information content (AvgIpc) is 2.65. The Hall–Kier alpha value is -1.54. The summed E-state index contributed by atoms with van der Waals surface area (Å²) in [5.74, 6) is -2.67. The smallest absolute Gasteiger partial charge is 0.250 e. The molecule has 5 N–H and O–H groups in total. The maximum absolute atomic E-state index is 11.3. The maximum atomic E-state index is 11.3. The summed E-state index contributed by atoms with van der Waals surface area (Å²) in [4.78, 5) is 15.1. The number of ether oxygens (including phenoxy) is 1. The van der Waals surface area contributed by atoms with E-state index in [1.807, 2.05) is 0 Å². The minimum absolute atomic E-state index is 0.0192. The number of rotatable bonds is 3. The SMILES string of the molecule is NC(=O)c1cccnc1[C@]1(O)C[C@H](O)[C@@H](CO)O1. The summed E-state index contributed by atoms with van der Waals surface area (Å²) in [6.45, 7) is -0.442. The second-order valence-corrected chi connectivity index (χ2v) is 4.16. The standard InChI is InChI=1S/C11H14N2O5/c12-10(16)6-2-1-3-13-9(6)11(17)4-7(15)8(5-14)18-11/h1-3,7-8,14-15,17H,4-5H2,(H2,12,16)/t7-,8+,11-/m0/s1. The van der Waals surface area contributed by atoms with Crippen molar-refractivity contribution in [3.63, 3.8) is 0 Å². The lowest BCUT2D eigenvalue weighted by Gasteiger charge is -2.23. The molecule has 0 bridgehead atoms. The monoisotopic (exact) mass is 254 g/mol. The molecule has 1 saturated heterocycles.